The van der Waals surface area contributed by atoms with Gasteiger partial charge >= 0.3 is 0 Å². The number of furan rings is 1. The minimum absolute atomic E-state index is 0.0147. The van der Waals surface area contributed by atoms with Crippen LogP contribution in [0.15, 0.2) is 77.6 Å². The summed E-state index contributed by atoms with van der Waals surface area (Å²) in [4.78, 5) is 18.4. The highest BCUT2D eigenvalue weighted by Crippen LogP contribution is 2.64. The molecule has 1 saturated heterocycles. The van der Waals surface area contributed by atoms with Gasteiger partial charge in [-0.3, -0.25) is 9.69 Å². The van der Waals surface area contributed by atoms with E-state index in [1.807, 2.05) is 17.0 Å². The van der Waals surface area contributed by atoms with Crippen molar-refractivity contribution in [2.75, 3.05) is 19.6 Å². The lowest BCUT2D eigenvalue weighted by atomic mass is 9.48. The first-order valence-corrected chi connectivity index (χ1v) is 15.2. The second-order valence-electron chi connectivity index (χ2n) is 12.8. The summed E-state index contributed by atoms with van der Waals surface area (Å²) in [5, 5.41) is 12.9. The SMILES string of the molecule is CC(C)CN(C(=O)/C=C/c1ccoc1)[C@@H]1CC[C@@]2(O)[C@H]3Cc4cccc5c4[C@@]2(CCN3CCc2ccccc2)[C@H]1O5. The van der Waals surface area contributed by atoms with E-state index in [4.69, 9.17) is 9.15 Å². The van der Waals surface area contributed by atoms with Gasteiger partial charge in [0, 0.05) is 36.3 Å². The van der Waals surface area contributed by atoms with Crippen molar-refractivity contribution in [1.82, 2.24) is 9.80 Å². The van der Waals surface area contributed by atoms with Crippen molar-refractivity contribution in [2.24, 2.45) is 5.92 Å². The van der Waals surface area contributed by atoms with Crippen LogP contribution in [0.3, 0.4) is 0 Å². The molecule has 0 radical (unpaired) electrons. The van der Waals surface area contributed by atoms with Gasteiger partial charge in [-0.15, -0.1) is 0 Å². The zero-order valence-corrected chi connectivity index (χ0v) is 24.0. The molecule has 3 aromatic rings. The van der Waals surface area contributed by atoms with Crippen LogP contribution in [0.5, 0.6) is 5.75 Å². The average molecular weight is 553 g/mol. The molecule has 2 bridgehead atoms. The van der Waals surface area contributed by atoms with Crippen molar-refractivity contribution in [3.05, 3.63) is 95.5 Å². The second kappa shape index (κ2) is 10.2. The van der Waals surface area contributed by atoms with Crippen molar-refractivity contribution in [2.45, 2.75) is 75.2 Å². The molecule has 2 aliphatic heterocycles. The fourth-order valence-corrected chi connectivity index (χ4v) is 8.49. The van der Waals surface area contributed by atoms with Crippen molar-refractivity contribution in [3.8, 4) is 5.75 Å². The number of hydrogen-bond donors (Lipinski definition) is 1. The topological polar surface area (TPSA) is 66.2 Å². The summed E-state index contributed by atoms with van der Waals surface area (Å²) < 4.78 is 12.1. The third-order valence-corrected chi connectivity index (χ3v) is 10.2. The summed E-state index contributed by atoms with van der Waals surface area (Å²) in [5.74, 6) is 1.19. The molecule has 2 aliphatic carbocycles. The monoisotopic (exact) mass is 552 g/mol. The Balaban J connectivity index is 1.24. The third-order valence-electron chi connectivity index (χ3n) is 10.2. The predicted molar refractivity (Wildman–Crippen MR) is 159 cm³/mol. The van der Waals surface area contributed by atoms with Crippen molar-refractivity contribution >= 4 is 12.0 Å². The quantitative estimate of drug-likeness (QED) is 0.387. The molecule has 4 aliphatic rings. The maximum atomic E-state index is 13.8. The predicted octanol–water partition coefficient (Wildman–Crippen LogP) is 5.24. The van der Waals surface area contributed by atoms with E-state index < -0.39 is 11.0 Å². The number of amides is 1. The molecule has 3 heterocycles. The molecule has 6 heteroatoms. The average Bonchev–Trinajstić information content (AvgIpc) is 3.61. The normalized spacial score (nSPS) is 29.9. The molecule has 6 nitrogen and oxygen atoms in total. The molecule has 1 N–H and O–H groups in total. The van der Waals surface area contributed by atoms with Crippen LogP contribution < -0.4 is 4.74 Å². The van der Waals surface area contributed by atoms with Gasteiger partial charge in [0.1, 0.15) is 11.9 Å². The summed E-state index contributed by atoms with van der Waals surface area (Å²) >= 11 is 0. The number of likely N-dealkylation sites (tertiary alicyclic amines) is 1. The molecule has 2 aromatic carbocycles. The lowest BCUT2D eigenvalue weighted by molar-refractivity contribution is -0.201. The van der Waals surface area contributed by atoms with Crippen LogP contribution in [-0.2, 0) is 23.1 Å². The third kappa shape index (κ3) is 4.18. The molecule has 5 atom stereocenters. The Kier molecular flexibility index (Phi) is 6.59. The van der Waals surface area contributed by atoms with Gasteiger partial charge in [0.25, 0.3) is 0 Å². The minimum atomic E-state index is -0.901. The molecule has 1 spiro atoms. The highest BCUT2D eigenvalue weighted by atomic mass is 16.5. The van der Waals surface area contributed by atoms with Crippen LogP contribution in [-0.4, -0.2) is 64.2 Å². The number of aliphatic hydroxyl groups is 1. The molecule has 1 aromatic heterocycles. The van der Waals surface area contributed by atoms with Crippen LogP contribution >= 0.6 is 0 Å². The molecular weight excluding hydrogens is 512 g/mol. The molecule has 7 rings (SSSR count). The second-order valence-corrected chi connectivity index (χ2v) is 12.8. The molecule has 1 amide bonds. The summed E-state index contributed by atoms with van der Waals surface area (Å²) in [5.41, 5.74) is 3.29. The van der Waals surface area contributed by atoms with Crippen molar-refractivity contribution < 1.29 is 19.1 Å². The van der Waals surface area contributed by atoms with E-state index >= 15 is 0 Å². The molecular formula is C35H40N2O4. The Hall–Kier alpha value is -3.35. The Labute approximate surface area is 242 Å². The van der Waals surface area contributed by atoms with Gasteiger partial charge < -0.3 is 19.2 Å². The van der Waals surface area contributed by atoms with Gasteiger partial charge in [0.05, 0.1) is 29.6 Å². The maximum Gasteiger partial charge on any atom is 0.246 e. The number of hydrogen-bond acceptors (Lipinski definition) is 5. The highest BCUT2D eigenvalue weighted by Gasteiger charge is 2.73. The zero-order valence-electron chi connectivity index (χ0n) is 24.0. The first kappa shape index (κ1) is 26.5. The molecule has 2 fully saturated rings. The Morgan fingerprint density at radius 3 is 2.78 bits per heavy atom. The smallest absolute Gasteiger partial charge is 0.246 e. The number of carbonyl (C=O) groups is 1. The first-order chi connectivity index (χ1) is 19.9. The summed E-state index contributed by atoms with van der Waals surface area (Å²) in [6, 6.07) is 18.8. The van der Waals surface area contributed by atoms with E-state index in [0.29, 0.717) is 25.3 Å². The van der Waals surface area contributed by atoms with Gasteiger partial charge in [0.2, 0.25) is 5.91 Å². The van der Waals surface area contributed by atoms with E-state index in [9.17, 15) is 9.90 Å². The molecule has 214 valence electrons. The van der Waals surface area contributed by atoms with E-state index in [2.05, 4.69) is 67.3 Å². The van der Waals surface area contributed by atoms with Crippen molar-refractivity contribution in [1.29, 1.82) is 0 Å². The van der Waals surface area contributed by atoms with Crippen molar-refractivity contribution in [3.63, 3.8) is 0 Å². The van der Waals surface area contributed by atoms with Crippen LogP contribution in [0.1, 0.15) is 55.4 Å². The Bertz CT molecular complexity index is 1430. The Morgan fingerprint density at radius 1 is 1.15 bits per heavy atom. The number of piperidine rings is 1. The number of nitrogens with zero attached hydrogens (tertiary/aromatic N) is 2. The maximum absolute atomic E-state index is 13.8. The largest absolute Gasteiger partial charge is 0.487 e. The first-order valence-electron chi connectivity index (χ1n) is 15.2. The van der Waals surface area contributed by atoms with E-state index in [-0.39, 0.29) is 24.1 Å². The van der Waals surface area contributed by atoms with Crippen LogP contribution in [0.2, 0.25) is 0 Å². The molecule has 1 saturated carbocycles. The van der Waals surface area contributed by atoms with Gasteiger partial charge in [-0.2, -0.15) is 0 Å². The van der Waals surface area contributed by atoms with Gasteiger partial charge in [-0.05, 0) is 73.9 Å². The molecule has 0 unspecified atom stereocenters. The van der Waals surface area contributed by atoms with E-state index in [1.54, 1.807) is 18.6 Å². The van der Waals surface area contributed by atoms with Crippen LogP contribution in [0, 0.1) is 5.92 Å². The van der Waals surface area contributed by atoms with E-state index in [0.717, 1.165) is 43.7 Å². The summed E-state index contributed by atoms with van der Waals surface area (Å²) in [6.45, 7) is 6.79. The van der Waals surface area contributed by atoms with Gasteiger partial charge in [0.15, 0.2) is 0 Å². The van der Waals surface area contributed by atoms with Crippen LogP contribution in [0.25, 0.3) is 6.08 Å². The zero-order chi connectivity index (χ0) is 28.2. The summed E-state index contributed by atoms with van der Waals surface area (Å²) in [7, 11) is 0. The number of carbonyl (C=O) groups excluding carboxylic acids is 1. The number of rotatable bonds is 8. The molecule has 41 heavy (non-hydrogen) atoms. The van der Waals surface area contributed by atoms with E-state index in [1.165, 1.54) is 16.7 Å². The Morgan fingerprint density at radius 2 is 2.00 bits per heavy atom. The fourth-order valence-electron chi connectivity index (χ4n) is 8.49. The lowest BCUT2D eigenvalue weighted by Crippen LogP contribution is -2.78. The lowest BCUT2D eigenvalue weighted by Gasteiger charge is -2.65. The fraction of sp³-hybridized carbons (Fsp3) is 0.457. The van der Waals surface area contributed by atoms with Gasteiger partial charge in [-0.1, -0.05) is 56.3 Å². The summed E-state index contributed by atoms with van der Waals surface area (Å²) in [6.07, 6.45) is 10.5. The minimum Gasteiger partial charge on any atom is -0.487 e. The number of benzene rings is 2. The van der Waals surface area contributed by atoms with Gasteiger partial charge in [-0.25, -0.2) is 0 Å². The standard InChI is InChI=1S/C35H40N2O4/c1-24(2)22-37(31(38)12-11-26-15-20-40-23-26)28-13-16-35(39)30-21-27-9-6-10-29-32(27)34(35,33(28)41-29)17-19-36(30)18-14-25-7-4-3-5-8-25/h3-12,15,20,23-24,28,30,33,39H,13-14,16-19,21-22H2,1-2H3/b12-11+/t28-,30-,33+,34+,35-/m1/s1. The highest BCUT2D eigenvalue weighted by molar-refractivity contribution is 5.92. The van der Waals surface area contributed by atoms with Crippen LogP contribution in [0.4, 0.5) is 0 Å². The number of ether oxygens (including phenoxy) is 1.